The molecule has 6 nitrogen and oxygen atoms in total. The lowest BCUT2D eigenvalue weighted by Crippen LogP contribution is -2.37. The van der Waals surface area contributed by atoms with Crippen LogP contribution in [0.3, 0.4) is 0 Å². The summed E-state index contributed by atoms with van der Waals surface area (Å²) in [4.78, 5) is 0. The molecule has 0 aromatic heterocycles. The minimum absolute atomic E-state index is 0.0914. The monoisotopic (exact) mass is 257 g/mol. The maximum Gasteiger partial charge on any atom is 0.264 e. The van der Waals surface area contributed by atoms with Gasteiger partial charge >= 0.3 is 0 Å². The first-order valence-corrected chi connectivity index (χ1v) is 8.18. The summed E-state index contributed by atoms with van der Waals surface area (Å²) < 4.78 is 50.0. The van der Waals surface area contributed by atoms with Crippen LogP contribution in [0.4, 0.5) is 0 Å². The van der Waals surface area contributed by atoms with Gasteiger partial charge in [0.05, 0.1) is 19.1 Å². The zero-order valence-electron chi connectivity index (χ0n) is 8.71. The molecule has 0 aliphatic carbocycles. The Bertz CT molecular complexity index is 413. The second kappa shape index (κ2) is 4.36. The third kappa shape index (κ3) is 4.06. The molecule has 1 saturated heterocycles. The van der Waals surface area contributed by atoms with E-state index in [1.54, 1.807) is 0 Å². The fraction of sp³-hybridized carbons (Fsp3) is 1.00. The van der Waals surface area contributed by atoms with E-state index in [-0.39, 0.29) is 12.6 Å². The van der Waals surface area contributed by atoms with Crippen LogP contribution in [-0.2, 0) is 24.3 Å². The molecule has 90 valence electrons. The van der Waals surface area contributed by atoms with Crippen molar-refractivity contribution >= 4 is 20.1 Å². The zero-order chi connectivity index (χ0) is 11.7. The average molecular weight is 257 g/mol. The highest BCUT2D eigenvalue weighted by Gasteiger charge is 2.32. The molecule has 1 heterocycles. The van der Waals surface area contributed by atoms with Gasteiger partial charge in [-0.25, -0.2) is 8.42 Å². The van der Waals surface area contributed by atoms with Crippen molar-refractivity contribution in [3.05, 3.63) is 0 Å². The van der Waals surface area contributed by atoms with Crippen LogP contribution in [0.2, 0.25) is 0 Å². The van der Waals surface area contributed by atoms with E-state index in [0.717, 1.165) is 18.9 Å². The van der Waals surface area contributed by atoms with Gasteiger partial charge < -0.3 is 0 Å². The normalized spacial score (nSPS) is 24.5. The third-order valence-corrected chi connectivity index (χ3v) is 4.12. The first-order valence-electron chi connectivity index (χ1n) is 4.51. The number of nitrogens with zero attached hydrogens (tertiary/aromatic N) is 1. The molecule has 0 radical (unpaired) electrons. The van der Waals surface area contributed by atoms with Crippen LogP contribution in [0.15, 0.2) is 0 Å². The number of sulfonamides is 1. The number of hydrogen-bond donors (Lipinski definition) is 0. The van der Waals surface area contributed by atoms with E-state index in [0.29, 0.717) is 13.0 Å². The Balaban J connectivity index is 2.63. The second-order valence-corrected chi connectivity index (χ2v) is 7.24. The lowest BCUT2D eigenvalue weighted by molar-refractivity contribution is 0.239. The van der Waals surface area contributed by atoms with Gasteiger partial charge in [0.1, 0.15) is 0 Å². The first kappa shape index (κ1) is 12.9. The van der Waals surface area contributed by atoms with Gasteiger partial charge in [-0.15, -0.1) is 0 Å². The Morgan fingerprint density at radius 3 is 2.33 bits per heavy atom. The fourth-order valence-electron chi connectivity index (χ4n) is 1.61. The van der Waals surface area contributed by atoms with Crippen molar-refractivity contribution in [2.75, 3.05) is 25.7 Å². The van der Waals surface area contributed by atoms with Crippen molar-refractivity contribution in [1.82, 2.24) is 4.31 Å². The molecule has 8 heteroatoms. The lowest BCUT2D eigenvalue weighted by Gasteiger charge is -2.21. The van der Waals surface area contributed by atoms with Gasteiger partial charge in [-0.3, -0.25) is 4.18 Å². The standard InChI is InChI=1S/C7H15NO5S2/c1-14(9,10)8-5-3-4-7(8)6-13-15(2,11)12/h7H,3-6H2,1-2H3/t7-/m1/s1. The van der Waals surface area contributed by atoms with E-state index in [1.807, 2.05) is 0 Å². The van der Waals surface area contributed by atoms with Crippen molar-refractivity contribution in [3.8, 4) is 0 Å². The van der Waals surface area contributed by atoms with E-state index in [2.05, 4.69) is 4.18 Å². The summed E-state index contributed by atoms with van der Waals surface area (Å²) in [6, 6.07) is -0.352. The highest BCUT2D eigenvalue weighted by molar-refractivity contribution is 7.88. The van der Waals surface area contributed by atoms with Gasteiger partial charge in [0.25, 0.3) is 10.1 Å². The maximum atomic E-state index is 11.3. The smallest absolute Gasteiger partial charge is 0.264 e. The largest absolute Gasteiger partial charge is 0.269 e. The van der Waals surface area contributed by atoms with Crippen LogP contribution in [0.5, 0.6) is 0 Å². The predicted molar refractivity (Wildman–Crippen MR) is 55.4 cm³/mol. The molecule has 1 atom stereocenters. The Morgan fingerprint density at radius 2 is 1.87 bits per heavy atom. The molecule has 0 spiro atoms. The predicted octanol–water partition coefficient (Wildman–Crippen LogP) is -0.613. The lowest BCUT2D eigenvalue weighted by atomic mass is 10.2. The van der Waals surface area contributed by atoms with Crippen LogP contribution in [-0.4, -0.2) is 52.8 Å². The summed E-state index contributed by atoms with van der Waals surface area (Å²) >= 11 is 0. The Kier molecular flexibility index (Phi) is 3.75. The quantitative estimate of drug-likeness (QED) is 0.627. The van der Waals surface area contributed by atoms with Gasteiger partial charge in [-0.05, 0) is 12.8 Å². The zero-order valence-corrected chi connectivity index (χ0v) is 10.3. The molecule has 1 aliphatic rings. The molecule has 0 bridgehead atoms. The van der Waals surface area contributed by atoms with Crippen LogP contribution in [0.1, 0.15) is 12.8 Å². The summed E-state index contributed by atoms with van der Waals surface area (Å²) in [5.74, 6) is 0. The molecule has 15 heavy (non-hydrogen) atoms. The summed E-state index contributed by atoms with van der Waals surface area (Å²) in [5.41, 5.74) is 0. The van der Waals surface area contributed by atoms with Crippen molar-refractivity contribution in [2.45, 2.75) is 18.9 Å². The molecule has 0 N–H and O–H groups in total. The number of rotatable bonds is 4. The fourth-order valence-corrected chi connectivity index (χ4v) is 3.19. The van der Waals surface area contributed by atoms with E-state index in [1.165, 1.54) is 4.31 Å². The van der Waals surface area contributed by atoms with Gasteiger partial charge in [-0.2, -0.15) is 12.7 Å². The molecule has 0 aromatic rings. The minimum atomic E-state index is -3.50. The molecular formula is C7H15NO5S2. The van der Waals surface area contributed by atoms with E-state index in [4.69, 9.17) is 0 Å². The highest BCUT2D eigenvalue weighted by atomic mass is 32.2. The number of hydrogen-bond acceptors (Lipinski definition) is 5. The van der Waals surface area contributed by atoms with Gasteiger partial charge in [0.15, 0.2) is 0 Å². The first-order chi connectivity index (χ1) is 6.70. The third-order valence-electron chi connectivity index (χ3n) is 2.22. The van der Waals surface area contributed by atoms with E-state index >= 15 is 0 Å². The Hall–Kier alpha value is -0.180. The summed E-state index contributed by atoms with van der Waals surface area (Å²) in [5, 5.41) is 0. The van der Waals surface area contributed by atoms with Crippen LogP contribution >= 0.6 is 0 Å². The molecule has 1 rings (SSSR count). The Morgan fingerprint density at radius 1 is 1.27 bits per heavy atom. The summed E-state index contributed by atoms with van der Waals surface area (Å²) in [6.45, 7) is 0.350. The van der Waals surface area contributed by atoms with Crippen molar-refractivity contribution in [1.29, 1.82) is 0 Å². The van der Waals surface area contributed by atoms with E-state index < -0.39 is 20.1 Å². The molecular weight excluding hydrogens is 242 g/mol. The molecule has 0 amide bonds. The van der Waals surface area contributed by atoms with Crippen LogP contribution < -0.4 is 0 Å². The van der Waals surface area contributed by atoms with Crippen molar-refractivity contribution in [3.63, 3.8) is 0 Å². The Labute approximate surface area is 90.4 Å². The van der Waals surface area contributed by atoms with Crippen LogP contribution in [0, 0.1) is 0 Å². The van der Waals surface area contributed by atoms with Crippen molar-refractivity contribution in [2.24, 2.45) is 0 Å². The second-order valence-electron chi connectivity index (χ2n) is 3.66. The highest BCUT2D eigenvalue weighted by Crippen LogP contribution is 2.20. The summed E-state index contributed by atoms with van der Waals surface area (Å²) in [6.07, 6.45) is 3.45. The van der Waals surface area contributed by atoms with Gasteiger partial charge in [-0.1, -0.05) is 0 Å². The van der Waals surface area contributed by atoms with E-state index in [9.17, 15) is 16.8 Å². The average Bonchev–Trinajstić information content (AvgIpc) is 2.45. The molecule has 1 fully saturated rings. The summed E-state index contributed by atoms with van der Waals surface area (Å²) in [7, 11) is -6.76. The molecule has 0 saturated carbocycles. The van der Waals surface area contributed by atoms with Crippen LogP contribution in [0.25, 0.3) is 0 Å². The SMILES string of the molecule is CS(=O)(=O)OC[C@H]1CCCN1S(C)(=O)=O. The molecule has 0 unspecified atom stereocenters. The minimum Gasteiger partial charge on any atom is -0.269 e. The van der Waals surface area contributed by atoms with Gasteiger partial charge in [0, 0.05) is 12.6 Å². The van der Waals surface area contributed by atoms with Gasteiger partial charge in [0.2, 0.25) is 10.0 Å². The topological polar surface area (TPSA) is 80.8 Å². The molecule has 1 aliphatic heterocycles. The maximum absolute atomic E-state index is 11.3. The molecule has 0 aromatic carbocycles. The van der Waals surface area contributed by atoms with Crippen molar-refractivity contribution < 1.29 is 21.0 Å².